The summed E-state index contributed by atoms with van der Waals surface area (Å²) in [6.07, 6.45) is 0.847. The summed E-state index contributed by atoms with van der Waals surface area (Å²) in [5.74, 6) is -1.29. The molecule has 0 aliphatic rings. The first-order chi connectivity index (χ1) is 9.10. The molecule has 19 heavy (non-hydrogen) atoms. The maximum absolute atomic E-state index is 13.5. The van der Waals surface area contributed by atoms with E-state index in [4.69, 9.17) is 4.74 Å². The first-order valence-electron chi connectivity index (χ1n) is 5.65. The summed E-state index contributed by atoms with van der Waals surface area (Å²) in [6.45, 7) is 2.07. The molecule has 0 spiro atoms. The molecule has 0 saturated heterocycles. The van der Waals surface area contributed by atoms with Crippen LogP contribution in [-0.4, -0.2) is 11.0 Å². The lowest BCUT2D eigenvalue weighted by molar-refractivity contribution is 0.0463. The molecular formula is C13H11BrFNO2S. The van der Waals surface area contributed by atoms with Crippen molar-refractivity contribution in [1.82, 2.24) is 4.98 Å². The first-order valence-corrected chi connectivity index (χ1v) is 7.33. The predicted molar refractivity (Wildman–Crippen MR) is 74.7 cm³/mol. The monoisotopic (exact) mass is 343 g/mol. The Morgan fingerprint density at radius 2 is 2.32 bits per heavy atom. The molecule has 0 atom stereocenters. The number of aryl methyl sites for hydroxylation is 1. The van der Waals surface area contributed by atoms with Gasteiger partial charge in [0.05, 0.1) is 16.3 Å². The van der Waals surface area contributed by atoms with E-state index >= 15 is 0 Å². The van der Waals surface area contributed by atoms with Crippen molar-refractivity contribution in [1.29, 1.82) is 0 Å². The number of esters is 1. The second-order valence-corrected chi connectivity index (χ2v) is 5.64. The molecule has 0 bridgehead atoms. The molecule has 0 saturated carbocycles. The number of thiazole rings is 1. The standard InChI is InChI=1S/C13H11BrFNO2S/c1-2-12-16-9(7-19-12)6-18-13(17)10-4-3-8(14)5-11(10)15/h3-5,7H,2,6H2,1H3. The Balaban J connectivity index is 2.01. The van der Waals surface area contributed by atoms with E-state index in [0.717, 1.165) is 11.4 Å². The van der Waals surface area contributed by atoms with E-state index in [9.17, 15) is 9.18 Å². The first kappa shape index (κ1) is 14.1. The van der Waals surface area contributed by atoms with E-state index in [2.05, 4.69) is 20.9 Å². The Labute approximate surface area is 122 Å². The Bertz CT molecular complexity index is 600. The van der Waals surface area contributed by atoms with Crippen molar-refractivity contribution in [2.75, 3.05) is 0 Å². The molecule has 0 fully saturated rings. The van der Waals surface area contributed by atoms with E-state index in [1.165, 1.54) is 23.5 Å². The highest BCUT2D eigenvalue weighted by atomic mass is 79.9. The van der Waals surface area contributed by atoms with Crippen LogP contribution in [0.2, 0.25) is 0 Å². The lowest BCUT2D eigenvalue weighted by Gasteiger charge is -2.04. The largest absolute Gasteiger partial charge is 0.455 e. The lowest BCUT2D eigenvalue weighted by atomic mass is 10.2. The average Bonchev–Trinajstić information content (AvgIpc) is 2.84. The summed E-state index contributed by atoms with van der Waals surface area (Å²) in [5, 5.41) is 2.82. The summed E-state index contributed by atoms with van der Waals surface area (Å²) in [4.78, 5) is 16.0. The van der Waals surface area contributed by atoms with Crippen LogP contribution in [0.1, 0.15) is 28.0 Å². The molecule has 6 heteroatoms. The van der Waals surface area contributed by atoms with Crippen molar-refractivity contribution in [2.45, 2.75) is 20.0 Å². The van der Waals surface area contributed by atoms with E-state index < -0.39 is 11.8 Å². The molecule has 1 aromatic heterocycles. The summed E-state index contributed by atoms with van der Waals surface area (Å²) in [6, 6.07) is 4.21. The quantitative estimate of drug-likeness (QED) is 0.788. The fraction of sp³-hybridized carbons (Fsp3) is 0.231. The van der Waals surface area contributed by atoms with Crippen molar-refractivity contribution in [3.63, 3.8) is 0 Å². The number of hydrogen-bond donors (Lipinski definition) is 0. The highest BCUT2D eigenvalue weighted by Crippen LogP contribution is 2.17. The van der Waals surface area contributed by atoms with Gasteiger partial charge in [-0.05, 0) is 24.6 Å². The fourth-order valence-electron chi connectivity index (χ4n) is 1.45. The van der Waals surface area contributed by atoms with E-state index in [-0.39, 0.29) is 12.2 Å². The van der Waals surface area contributed by atoms with Crippen molar-refractivity contribution in [2.24, 2.45) is 0 Å². The van der Waals surface area contributed by atoms with Gasteiger partial charge in [-0.3, -0.25) is 0 Å². The molecule has 0 unspecified atom stereocenters. The van der Waals surface area contributed by atoms with Crippen LogP contribution in [0.3, 0.4) is 0 Å². The maximum atomic E-state index is 13.5. The second kappa shape index (κ2) is 6.25. The Morgan fingerprint density at radius 1 is 1.53 bits per heavy atom. The van der Waals surface area contributed by atoms with Gasteiger partial charge in [0.25, 0.3) is 0 Å². The molecule has 0 amide bonds. The van der Waals surface area contributed by atoms with Crippen LogP contribution >= 0.6 is 27.3 Å². The van der Waals surface area contributed by atoms with E-state index in [1.54, 1.807) is 6.07 Å². The molecule has 100 valence electrons. The van der Waals surface area contributed by atoms with Crippen molar-refractivity contribution in [3.8, 4) is 0 Å². The van der Waals surface area contributed by atoms with Gasteiger partial charge in [-0.1, -0.05) is 22.9 Å². The van der Waals surface area contributed by atoms with E-state index in [0.29, 0.717) is 10.2 Å². The van der Waals surface area contributed by atoms with Crippen LogP contribution in [0.15, 0.2) is 28.1 Å². The number of ether oxygens (including phenoxy) is 1. The molecule has 0 radical (unpaired) electrons. The highest BCUT2D eigenvalue weighted by molar-refractivity contribution is 9.10. The number of carbonyl (C=O) groups is 1. The normalized spacial score (nSPS) is 10.5. The van der Waals surface area contributed by atoms with Gasteiger partial charge in [0.15, 0.2) is 0 Å². The SMILES string of the molecule is CCc1nc(COC(=O)c2ccc(Br)cc2F)cs1. The third-order valence-corrected chi connectivity index (χ3v) is 3.94. The Kier molecular flexibility index (Phi) is 4.66. The number of carbonyl (C=O) groups excluding carboxylic acids is 1. The molecule has 1 heterocycles. The zero-order chi connectivity index (χ0) is 13.8. The molecule has 0 N–H and O–H groups in total. The minimum atomic E-state index is -0.684. The highest BCUT2D eigenvalue weighted by Gasteiger charge is 2.14. The van der Waals surface area contributed by atoms with Crippen LogP contribution < -0.4 is 0 Å². The van der Waals surface area contributed by atoms with Crippen molar-refractivity contribution < 1.29 is 13.9 Å². The summed E-state index contributed by atoms with van der Waals surface area (Å²) in [7, 11) is 0. The molecule has 0 aliphatic heterocycles. The lowest BCUT2D eigenvalue weighted by Crippen LogP contribution is -2.07. The van der Waals surface area contributed by atoms with Crippen LogP contribution in [0, 0.1) is 5.82 Å². The number of aromatic nitrogens is 1. The smallest absolute Gasteiger partial charge is 0.341 e. The number of rotatable bonds is 4. The summed E-state index contributed by atoms with van der Waals surface area (Å²) < 4.78 is 19.2. The molecule has 3 nitrogen and oxygen atoms in total. The van der Waals surface area contributed by atoms with E-state index in [1.807, 2.05) is 12.3 Å². The van der Waals surface area contributed by atoms with Gasteiger partial charge < -0.3 is 4.74 Å². The van der Waals surface area contributed by atoms with Crippen LogP contribution in [0.25, 0.3) is 0 Å². The molecule has 2 aromatic rings. The third kappa shape index (κ3) is 3.61. The van der Waals surface area contributed by atoms with Gasteiger partial charge in [0.2, 0.25) is 0 Å². The summed E-state index contributed by atoms with van der Waals surface area (Å²) >= 11 is 4.65. The number of benzene rings is 1. The van der Waals surface area contributed by atoms with Crippen molar-refractivity contribution in [3.05, 3.63) is 50.1 Å². The average molecular weight is 344 g/mol. The third-order valence-electron chi connectivity index (χ3n) is 2.40. The number of hydrogen-bond acceptors (Lipinski definition) is 4. The van der Waals surface area contributed by atoms with Gasteiger partial charge >= 0.3 is 5.97 Å². The van der Waals surface area contributed by atoms with Crippen LogP contribution in [0.5, 0.6) is 0 Å². The van der Waals surface area contributed by atoms with Gasteiger partial charge in [-0.15, -0.1) is 11.3 Å². The maximum Gasteiger partial charge on any atom is 0.341 e. The molecule has 2 rings (SSSR count). The number of halogens is 2. The van der Waals surface area contributed by atoms with Gasteiger partial charge in [0.1, 0.15) is 12.4 Å². The fourth-order valence-corrected chi connectivity index (χ4v) is 2.51. The Hall–Kier alpha value is -1.27. The second-order valence-electron chi connectivity index (χ2n) is 3.79. The predicted octanol–water partition coefficient (Wildman–Crippen LogP) is 3.96. The molecular weight excluding hydrogens is 333 g/mol. The zero-order valence-electron chi connectivity index (χ0n) is 10.2. The van der Waals surface area contributed by atoms with Crippen molar-refractivity contribution >= 4 is 33.2 Å². The minimum absolute atomic E-state index is 0.0604. The number of nitrogens with zero attached hydrogens (tertiary/aromatic N) is 1. The molecule has 0 aliphatic carbocycles. The zero-order valence-corrected chi connectivity index (χ0v) is 12.6. The topological polar surface area (TPSA) is 39.2 Å². The minimum Gasteiger partial charge on any atom is -0.455 e. The summed E-state index contributed by atoms with van der Waals surface area (Å²) in [5.41, 5.74) is 0.613. The van der Waals surface area contributed by atoms with Crippen LogP contribution in [0.4, 0.5) is 4.39 Å². The molecule has 1 aromatic carbocycles. The Morgan fingerprint density at radius 3 is 2.95 bits per heavy atom. The van der Waals surface area contributed by atoms with Gasteiger partial charge in [-0.2, -0.15) is 0 Å². The van der Waals surface area contributed by atoms with Gasteiger partial charge in [-0.25, -0.2) is 14.2 Å². The van der Waals surface area contributed by atoms with Gasteiger partial charge in [0, 0.05) is 9.85 Å². The van der Waals surface area contributed by atoms with Crippen LogP contribution in [-0.2, 0) is 17.8 Å².